The summed E-state index contributed by atoms with van der Waals surface area (Å²) < 4.78 is 6.34. The Labute approximate surface area is 91.2 Å². The number of benzene rings is 1. The Kier molecular flexibility index (Phi) is 2.52. The van der Waals surface area contributed by atoms with Crippen LogP contribution in [0.15, 0.2) is 17.5 Å². The zero-order chi connectivity index (χ0) is 10.1. The van der Waals surface area contributed by atoms with Crippen molar-refractivity contribution in [1.82, 2.24) is 0 Å². The molecule has 0 fully saturated rings. The number of fused-ring (bicyclic) bond motifs is 1. The quantitative estimate of drug-likeness (QED) is 0.632. The van der Waals surface area contributed by atoms with E-state index in [1.54, 1.807) is 18.4 Å². The maximum atomic E-state index is 5.92. The summed E-state index contributed by atoms with van der Waals surface area (Å²) >= 11 is 7.38. The summed E-state index contributed by atoms with van der Waals surface area (Å²) in [7, 11) is 1.65. The van der Waals surface area contributed by atoms with E-state index in [9.17, 15) is 0 Å². The van der Waals surface area contributed by atoms with Gasteiger partial charge in [-0.1, -0.05) is 0 Å². The van der Waals surface area contributed by atoms with E-state index in [0.29, 0.717) is 5.88 Å². The van der Waals surface area contributed by atoms with Crippen LogP contribution in [0.25, 0.3) is 10.1 Å². The molecule has 14 heavy (non-hydrogen) atoms. The molecule has 2 N–H and O–H groups in total. The van der Waals surface area contributed by atoms with Gasteiger partial charge in [-0.15, -0.1) is 22.9 Å². The molecular formula is C10H10ClNOS. The number of halogens is 1. The Morgan fingerprint density at radius 3 is 2.93 bits per heavy atom. The maximum Gasteiger partial charge on any atom is 0.139 e. The van der Waals surface area contributed by atoms with E-state index in [4.69, 9.17) is 22.1 Å². The van der Waals surface area contributed by atoms with Crippen LogP contribution in [0.2, 0.25) is 0 Å². The summed E-state index contributed by atoms with van der Waals surface area (Å²) in [6, 6.07) is 3.94. The Hall–Kier alpha value is -0.930. The molecule has 0 aliphatic heterocycles. The smallest absolute Gasteiger partial charge is 0.139 e. The van der Waals surface area contributed by atoms with Gasteiger partial charge in [0.25, 0.3) is 0 Å². The second-order valence-corrected chi connectivity index (χ2v) is 4.17. The number of nitrogens with two attached hydrogens (primary N) is 1. The van der Waals surface area contributed by atoms with Crippen LogP contribution in [0.4, 0.5) is 5.69 Å². The molecule has 0 aliphatic rings. The van der Waals surface area contributed by atoms with Crippen LogP contribution in [0.5, 0.6) is 5.75 Å². The first-order chi connectivity index (χ1) is 6.76. The number of hydrogen-bond acceptors (Lipinski definition) is 3. The third-order valence-corrected chi connectivity index (χ3v) is 3.32. The fourth-order valence-corrected chi connectivity index (χ4v) is 2.61. The summed E-state index contributed by atoms with van der Waals surface area (Å²) in [6.07, 6.45) is 0. The molecule has 0 saturated carbocycles. The number of thiophene rings is 1. The van der Waals surface area contributed by atoms with Gasteiger partial charge in [-0.2, -0.15) is 0 Å². The van der Waals surface area contributed by atoms with Crippen molar-refractivity contribution in [3.05, 3.63) is 23.1 Å². The molecule has 2 rings (SSSR count). The number of nitrogen functional groups attached to an aromatic ring is 1. The van der Waals surface area contributed by atoms with Gasteiger partial charge in [0.2, 0.25) is 0 Å². The van der Waals surface area contributed by atoms with Gasteiger partial charge in [0.1, 0.15) is 5.75 Å². The summed E-state index contributed by atoms with van der Waals surface area (Å²) in [5.41, 5.74) is 7.70. The molecule has 1 heterocycles. The highest BCUT2D eigenvalue weighted by Gasteiger charge is 2.08. The van der Waals surface area contributed by atoms with Gasteiger partial charge in [0.05, 0.1) is 12.5 Å². The first-order valence-electron chi connectivity index (χ1n) is 4.16. The van der Waals surface area contributed by atoms with Crippen molar-refractivity contribution in [2.45, 2.75) is 5.88 Å². The molecule has 1 aromatic carbocycles. The Morgan fingerprint density at radius 1 is 1.50 bits per heavy atom. The van der Waals surface area contributed by atoms with Gasteiger partial charge in [0, 0.05) is 21.6 Å². The van der Waals surface area contributed by atoms with Crippen LogP contribution < -0.4 is 10.5 Å². The minimum absolute atomic E-state index is 0.486. The van der Waals surface area contributed by atoms with Gasteiger partial charge in [-0.25, -0.2) is 0 Å². The molecule has 74 valence electrons. The lowest BCUT2D eigenvalue weighted by Crippen LogP contribution is -1.89. The zero-order valence-corrected chi connectivity index (χ0v) is 9.28. The second-order valence-electron chi connectivity index (χ2n) is 3.00. The lowest BCUT2D eigenvalue weighted by atomic mass is 10.1. The fraction of sp³-hybridized carbons (Fsp3) is 0.200. The number of ether oxygens (including phenoxy) is 1. The number of anilines is 1. The van der Waals surface area contributed by atoms with E-state index in [1.807, 2.05) is 17.5 Å². The molecule has 0 saturated heterocycles. The third-order valence-electron chi connectivity index (χ3n) is 2.11. The number of rotatable bonds is 2. The summed E-state index contributed by atoms with van der Waals surface area (Å²) in [5, 5.41) is 2.95. The van der Waals surface area contributed by atoms with E-state index in [2.05, 4.69) is 0 Å². The van der Waals surface area contributed by atoms with Crippen molar-refractivity contribution in [3.8, 4) is 5.75 Å². The lowest BCUT2D eigenvalue weighted by molar-refractivity contribution is 0.421. The van der Waals surface area contributed by atoms with Crippen LogP contribution in [0.1, 0.15) is 5.56 Å². The summed E-state index contributed by atoms with van der Waals surface area (Å²) in [5.74, 6) is 1.32. The second kappa shape index (κ2) is 3.67. The van der Waals surface area contributed by atoms with Gasteiger partial charge in [-0.3, -0.25) is 0 Å². The molecule has 0 amide bonds. The topological polar surface area (TPSA) is 35.2 Å². The van der Waals surface area contributed by atoms with E-state index < -0.39 is 0 Å². The van der Waals surface area contributed by atoms with E-state index in [1.165, 1.54) is 0 Å². The average Bonchev–Trinajstić information content (AvgIpc) is 2.61. The average molecular weight is 228 g/mol. The van der Waals surface area contributed by atoms with E-state index in [-0.39, 0.29) is 0 Å². The van der Waals surface area contributed by atoms with E-state index in [0.717, 1.165) is 27.1 Å². The zero-order valence-electron chi connectivity index (χ0n) is 7.71. The molecule has 0 bridgehead atoms. The van der Waals surface area contributed by atoms with Gasteiger partial charge in [0.15, 0.2) is 0 Å². The monoisotopic (exact) mass is 227 g/mol. The number of hydrogen-bond donors (Lipinski definition) is 1. The molecule has 4 heteroatoms. The highest BCUT2D eigenvalue weighted by molar-refractivity contribution is 7.17. The molecule has 0 spiro atoms. The van der Waals surface area contributed by atoms with Gasteiger partial charge >= 0.3 is 0 Å². The van der Waals surface area contributed by atoms with Crippen LogP contribution in [0.3, 0.4) is 0 Å². The summed E-state index contributed by atoms with van der Waals surface area (Å²) in [6.45, 7) is 0. The molecule has 1 aromatic heterocycles. The van der Waals surface area contributed by atoms with Crippen LogP contribution in [-0.4, -0.2) is 7.11 Å². The highest BCUT2D eigenvalue weighted by Crippen LogP contribution is 2.37. The van der Waals surface area contributed by atoms with Crippen LogP contribution >= 0.6 is 22.9 Å². The molecule has 2 nitrogen and oxygen atoms in total. The van der Waals surface area contributed by atoms with Crippen molar-refractivity contribution in [1.29, 1.82) is 0 Å². The molecule has 0 aliphatic carbocycles. The molecular weight excluding hydrogens is 218 g/mol. The van der Waals surface area contributed by atoms with Gasteiger partial charge < -0.3 is 10.5 Å². The largest absolute Gasteiger partial charge is 0.495 e. The predicted octanol–water partition coefficient (Wildman–Crippen LogP) is 3.23. The minimum atomic E-state index is 0.486. The van der Waals surface area contributed by atoms with Crippen LogP contribution in [0, 0.1) is 0 Å². The number of alkyl halides is 1. The van der Waals surface area contributed by atoms with Crippen molar-refractivity contribution < 1.29 is 4.74 Å². The minimum Gasteiger partial charge on any atom is -0.495 e. The van der Waals surface area contributed by atoms with Crippen molar-refractivity contribution in [2.75, 3.05) is 12.8 Å². The summed E-state index contributed by atoms with van der Waals surface area (Å²) in [4.78, 5) is 0. The Bertz CT molecular complexity index is 466. The first kappa shape index (κ1) is 9.62. The SMILES string of the molecule is COc1csc2cc(CCl)cc(N)c12. The van der Waals surface area contributed by atoms with E-state index >= 15 is 0 Å². The van der Waals surface area contributed by atoms with Crippen molar-refractivity contribution >= 4 is 38.7 Å². The standard InChI is InChI=1S/C10H10ClNOS/c1-13-8-5-14-9-3-6(4-11)2-7(12)10(8)9/h2-3,5H,4,12H2,1H3. The fourth-order valence-electron chi connectivity index (χ4n) is 1.46. The predicted molar refractivity (Wildman–Crippen MR) is 62.3 cm³/mol. The normalized spacial score (nSPS) is 10.7. The maximum absolute atomic E-state index is 5.92. The molecule has 0 atom stereocenters. The van der Waals surface area contributed by atoms with Crippen LogP contribution in [-0.2, 0) is 5.88 Å². The van der Waals surface area contributed by atoms with Gasteiger partial charge in [-0.05, 0) is 17.7 Å². The number of methoxy groups -OCH3 is 1. The molecule has 0 unspecified atom stereocenters. The Morgan fingerprint density at radius 2 is 2.29 bits per heavy atom. The lowest BCUT2D eigenvalue weighted by Gasteiger charge is -2.02. The van der Waals surface area contributed by atoms with Crippen molar-refractivity contribution in [2.24, 2.45) is 0 Å². The highest BCUT2D eigenvalue weighted by atomic mass is 35.5. The Balaban J connectivity index is 2.72. The molecule has 0 radical (unpaired) electrons. The van der Waals surface area contributed by atoms with Crippen molar-refractivity contribution in [3.63, 3.8) is 0 Å². The molecule has 2 aromatic rings. The third kappa shape index (κ3) is 1.42. The first-order valence-corrected chi connectivity index (χ1v) is 5.57.